The Kier molecular flexibility index (Phi) is 8.47. The lowest BCUT2D eigenvalue weighted by Gasteiger charge is -2.38. The Morgan fingerprint density at radius 2 is 1.43 bits per heavy atom. The molecule has 3 rings (SSSR count). The number of hydrogen-bond acceptors (Lipinski definition) is 1. The van der Waals surface area contributed by atoms with Crippen LogP contribution in [0.4, 0.5) is 17.6 Å². The van der Waals surface area contributed by atoms with E-state index < -0.39 is 12.5 Å². The first-order valence-electron chi connectivity index (χ1n) is 11.8. The zero-order valence-corrected chi connectivity index (χ0v) is 18.1. The molecule has 30 heavy (non-hydrogen) atoms. The molecule has 0 unspecified atom stereocenters. The summed E-state index contributed by atoms with van der Waals surface area (Å²) in [7, 11) is 0. The summed E-state index contributed by atoms with van der Waals surface area (Å²) in [4.78, 5) is 0. The van der Waals surface area contributed by atoms with Crippen molar-refractivity contribution in [3.8, 4) is 5.75 Å². The second kappa shape index (κ2) is 10.9. The van der Waals surface area contributed by atoms with Crippen molar-refractivity contribution in [3.63, 3.8) is 0 Å². The highest BCUT2D eigenvalue weighted by atomic mass is 19.3. The van der Waals surface area contributed by atoms with Crippen LogP contribution in [0, 0.1) is 17.8 Å². The first-order valence-corrected chi connectivity index (χ1v) is 11.8. The molecule has 0 bridgehead atoms. The van der Waals surface area contributed by atoms with Crippen LogP contribution in [-0.2, 0) is 0 Å². The molecule has 2 saturated carbocycles. The van der Waals surface area contributed by atoms with Crippen molar-refractivity contribution in [1.82, 2.24) is 0 Å². The SMILES string of the molecule is CCCCCC1CCC(C2CCC(c3ccc(OC(F)(F)C(F)F)cc3)CC2)CC1. The summed E-state index contributed by atoms with van der Waals surface area (Å²) in [6.07, 6.45) is 7.47. The Balaban J connectivity index is 1.42. The zero-order chi connectivity index (χ0) is 21.6. The van der Waals surface area contributed by atoms with Crippen molar-refractivity contribution >= 4 is 0 Å². The number of ether oxygens (including phenoxy) is 1. The fraction of sp³-hybridized carbons (Fsp3) is 0.760. The summed E-state index contributed by atoms with van der Waals surface area (Å²) < 4.78 is 54.8. The van der Waals surface area contributed by atoms with Gasteiger partial charge in [-0.1, -0.05) is 57.6 Å². The quantitative estimate of drug-likeness (QED) is 0.283. The lowest BCUT2D eigenvalue weighted by molar-refractivity contribution is -0.253. The minimum Gasteiger partial charge on any atom is -0.428 e. The van der Waals surface area contributed by atoms with Crippen LogP contribution in [0.1, 0.15) is 95.5 Å². The molecule has 0 radical (unpaired) electrons. The van der Waals surface area contributed by atoms with E-state index in [1.54, 1.807) is 12.1 Å². The molecule has 1 nitrogen and oxygen atoms in total. The summed E-state index contributed by atoms with van der Waals surface area (Å²) in [5.41, 5.74) is 1.10. The molecule has 2 aliphatic carbocycles. The maximum Gasteiger partial charge on any atom is 0.461 e. The third kappa shape index (κ3) is 6.37. The molecule has 2 fully saturated rings. The van der Waals surface area contributed by atoms with Crippen molar-refractivity contribution in [2.75, 3.05) is 0 Å². The number of hydrogen-bond donors (Lipinski definition) is 0. The molecular formula is C25H36F4O. The van der Waals surface area contributed by atoms with Gasteiger partial charge in [0.2, 0.25) is 0 Å². The monoisotopic (exact) mass is 428 g/mol. The van der Waals surface area contributed by atoms with E-state index in [2.05, 4.69) is 11.7 Å². The molecule has 170 valence electrons. The molecule has 0 spiro atoms. The average Bonchev–Trinajstić information content (AvgIpc) is 2.75. The summed E-state index contributed by atoms with van der Waals surface area (Å²) in [6.45, 7) is 2.27. The Labute approximate surface area is 178 Å². The first kappa shape index (κ1) is 23.4. The highest BCUT2D eigenvalue weighted by molar-refractivity contribution is 5.30. The maximum absolute atomic E-state index is 13.0. The summed E-state index contributed by atoms with van der Waals surface area (Å²) >= 11 is 0. The van der Waals surface area contributed by atoms with Crippen LogP contribution in [0.3, 0.4) is 0 Å². The predicted molar refractivity (Wildman–Crippen MR) is 112 cm³/mol. The summed E-state index contributed by atoms with van der Waals surface area (Å²) in [5, 5.41) is 0. The van der Waals surface area contributed by atoms with Crippen LogP contribution >= 0.6 is 0 Å². The van der Waals surface area contributed by atoms with E-state index >= 15 is 0 Å². The first-order chi connectivity index (χ1) is 14.4. The Hall–Kier alpha value is -1.26. The topological polar surface area (TPSA) is 9.23 Å². The van der Waals surface area contributed by atoms with Gasteiger partial charge in [0.1, 0.15) is 5.75 Å². The number of halogens is 4. The molecule has 0 saturated heterocycles. The van der Waals surface area contributed by atoms with Crippen LogP contribution in [-0.4, -0.2) is 12.5 Å². The van der Waals surface area contributed by atoms with Crippen molar-refractivity contribution in [1.29, 1.82) is 0 Å². The molecule has 0 amide bonds. The molecule has 0 aromatic heterocycles. The molecular weight excluding hydrogens is 392 g/mol. The Morgan fingerprint density at radius 3 is 1.97 bits per heavy atom. The molecule has 0 aliphatic heterocycles. The molecule has 5 heteroatoms. The van der Waals surface area contributed by atoms with E-state index in [4.69, 9.17) is 0 Å². The van der Waals surface area contributed by atoms with Gasteiger partial charge in [-0.25, -0.2) is 0 Å². The van der Waals surface area contributed by atoms with Crippen molar-refractivity contribution in [2.45, 2.75) is 102 Å². The van der Waals surface area contributed by atoms with Crippen molar-refractivity contribution < 1.29 is 22.3 Å². The van der Waals surface area contributed by atoms with E-state index in [-0.39, 0.29) is 5.75 Å². The number of benzene rings is 1. The number of rotatable bonds is 9. The highest BCUT2D eigenvalue weighted by Gasteiger charge is 2.44. The summed E-state index contributed by atoms with van der Waals surface area (Å²) in [6, 6.07) is 6.28. The third-order valence-corrected chi connectivity index (χ3v) is 7.41. The minimum atomic E-state index is -4.45. The van der Waals surface area contributed by atoms with E-state index in [0.29, 0.717) is 5.92 Å². The average molecular weight is 429 g/mol. The summed E-state index contributed by atoms with van der Waals surface area (Å²) in [5.74, 6) is 2.86. The lowest BCUT2D eigenvalue weighted by Crippen LogP contribution is -2.33. The van der Waals surface area contributed by atoms with Crippen molar-refractivity contribution in [2.24, 2.45) is 17.8 Å². The standard InChI is InChI=1S/C25H36F4O/c1-2-3-4-5-18-6-8-19(9-7-18)20-10-12-21(13-11-20)22-14-16-23(17-15-22)30-25(28,29)24(26)27/h14-21,24H,2-13H2,1H3. The van der Waals surface area contributed by atoms with Crippen LogP contribution in [0.25, 0.3) is 0 Å². The van der Waals surface area contributed by atoms with Crippen molar-refractivity contribution in [3.05, 3.63) is 29.8 Å². The molecule has 0 N–H and O–H groups in total. The van der Waals surface area contributed by atoms with E-state index in [1.807, 2.05) is 0 Å². The van der Waals surface area contributed by atoms with Gasteiger partial charge in [-0.15, -0.1) is 0 Å². The molecule has 0 atom stereocenters. The molecule has 0 heterocycles. The van der Waals surface area contributed by atoms with Gasteiger partial charge in [-0.2, -0.15) is 17.6 Å². The van der Waals surface area contributed by atoms with Gasteiger partial charge in [0.15, 0.2) is 0 Å². The van der Waals surface area contributed by atoms with E-state index in [1.165, 1.54) is 76.3 Å². The number of unbranched alkanes of at least 4 members (excludes halogenated alkanes) is 2. The zero-order valence-electron chi connectivity index (χ0n) is 18.1. The van der Waals surface area contributed by atoms with Crippen LogP contribution in [0.2, 0.25) is 0 Å². The van der Waals surface area contributed by atoms with Gasteiger partial charge >= 0.3 is 12.5 Å². The normalized spacial score (nSPS) is 27.9. The predicted octanol–water partition coefficient (Wildman–Crippen LogP) is 8.58. The highest BCUT2D eigenvalue weighted by Crippen LogP contribution is 2.44. The smallest absolute Gasteiger partial charge is 0.428 e. The fourth-order valence-electron chi connectivity index (χ4n) is 5.56. The largest absolute Gasteiger partial charge is 0.461 e. The van der Waals surface area contributed by atoms with Gasteiger partial charge < -0.3 is 4.74 Å². The van der Waals surface area contributed by atoms with Gasteiger partial charge in [0, 0.05) is 0 Å². The van der Waals surface area contributed by atoms with Crippen LogP contribution in [0.5, 0.6) is 5.75 Å². The molecule has 2 aliphatic rings. The van der Waals surface area contributed by atoms with Gasteiger partial charge in [0.25, 0.3) is 0 Å². The Bertz CT molecular complexity index is 615. The molecule has 1 aromatic rings. The minimum absolute atomic E-state index is 0.214. The van der Waals surface area contributed by atoms with Gasteiger partial charge in [-0.05, 0) is 79.9 Å². The Morgan fingerprint density at radius 1 is 0.867 bits per heavy atom. The third-order valence-electron chi connectivity index (χ3n) is 7.41. The van der Waals surface area contributed by atoms with Gasteiger partial charge in [0.05, 0.1) is 0 Å². The second-order valence-corrected chi connectivity index (χ2v) is 9.42. The molecule has 1 aromatic carbocycles. The fourth-order valence-corrected chi connectivity index (χ4v) is 5.56. The lowest BCUT2D eigenvalue weighted by atomic mass is 9.68. The van der Waals surface area contributed by atoms with Crippen LogP contribution < -0.4 is 4.74 Å². The van der Waals surface area contributed by atoms with Gasteiger partial charge in [-0.3, -0.25) is 0 Å². The number of alkyl halides is 4. The van der Waals surface area contributed by atoms with Crippen LogP contribution in [0.15, 0.2) is 24.3 Å². The van der Waals surface area contributed by atoms with E-state index in [9.17, 15) is 17.6 Å². The maximum atomic E-state index is 13.0. The second-order valence-electron chi connectivity index (χ2n) is 9.42. The van der Waals surface area contributed by atoms with E-state index in [0.717, 1.165) is 36.2 Å².